The third-order valence-electron chi connectivity index (χ3n) is 4.23. The molecule has 3 nitrogen and oxygen atoms in total. The molecule has 0 aliphatic heterocycles. The van der Waals surface area contributed by atoms with Gasteiger partial charge in [-0.1, -0.05) is 84.6 Å². The molecule has 3 aromatic carbocycles. The van der Waals surface area contributed by atoms with Gasteiger partial charge in [0.15, 0.2) is 11.0 Å². The van der Waals surface area contributed by atoms with Crippen LogP contribution < -0.4 is 0 Å². The molecule has 0 aliphatic carbocycles. The van der Waals surface area contributed by atoms with Crippen molar-refractivity contribution in [3.8, 4) is 11.4 Å². The van der Waals surface area contributed by atoms with Crippen LogP contribution in [-0.2, 0) is 12.3 Å². The summed E-state index contributed by atoms with van der Waals surface area (Å²) in [4.78, 5) is 0. The molecule has 4 rings (SSSR count). The highest BCUT2D eigenvalue weighted by Gasteiger charge is 2.17. The molecule has 0 bridgehead atoms. The Morgan fingerprint density at radius 1 is 0.741 bits per heavy atom. The summed E-state index contributed by atoms with van der Waals surface area (Å²) in [7, 11) is 0. The molecule has 0 N–H and O–H groups in total. The van der Waals surface area contributed by atoms with Gasteiger partial charge in [0.1, 0.15) is 5.82 Å². The van der Waals surface area contributed by atoms with Gasteiger partial charge in [-0.25, -0.2) is 4.39 Å². The van der Waals surface area contributed by atoms with E-state index in [9.17, 15) is 4.39 Å². The Labute approximate surface area is 161 Å². The highest BCUT2D eigenvalue weighted by molar-refractivity contribution is 7.98. The second-order valence-electron chi connectivity index (χ2n) is 6.13. The Kier molecular flexibility index (Phi) is 5.30. The van der Waals surface area contributed by atoms with E-state index in [2.05, 4.69) is 34.5 Å². The molecular weight excluding hydrogens is 357 g/mol. The number of hydrogen-bond acceptors (Lipinski definition) is 3. The van der Waals surface area contributed by atoms with E-state index >= 15 is 0 Å². The van der Waals surface area contributed by atoms with Gasteiger partial charge in [-0.2, -0.15) is 0 Å². The molecule has 0 atom stereocenters. The summed E-state index contributed by atoms with van der Waals surface area (Å²) in [6, 6.07) is 27.0. The van der Waals surface area contributed by atoms with Gasteiger partial charge in [0.2, 0.25) is 0 Å². The first kappa shape index (κ1) is 17.5. The molecule has 4 aromatic rings. The van der Waals surface area contributed by atoms with Crippen molar-refractivity contribution in [3.05, 3.63) is 102 Å². The lowest BCUT2D eigenvalue weighted by Gasteiger charge is -2.11. The Balaban J connectivity index is 1.69. The first-order chi connectivity index (χ1) is 13.3. The van der Waals surface area contributed by atoms with E-state index in [4.69, 9.17) is 0 Å². The average molecular weight is 375 g/mol. The molecule has 27 heavy (non-hydrogen) atoms. The zero-order valence-electron chi connectivity index (χ0n) is 14.6. The fraction of sp³-hybridized carbons (Fsp3) is 0.0909. The summed E-state index contributed by atoms with van der Waals surface area (Å²) in [6.45, 7) is 0.592. The minimum absolute atomic E-state index is 0.293. The van der Waals surface area contributed by atoms with E-state index in [-0.39, 0.29) is 5.82 Å². The quantitative estimate of drug-likeness (QED) is 0.421. The molecule has 0 spiro atoms. The maximum Gasteiger partial charge on any atom is 0.192 e. The molecule has 0 saturated carbocycles. The second-order valence-corrected chi connectivity index (χ2v) is 7.07. The van der Waals surface area contributed by atoms with Crippen LogP contribution in [0.2, 0.25) is 0 Å². The van der Waals surface area contributed by atoms with Gasteiger partial charge in [-0.15, -0.1) is 10.2 Å². The topological polar surface area (TPSA) is 30.7 Å². The summed E-state index contributed by atoms with van der Waals surface area (Å²) >= 11 is 1.61. The number of hydrogen-bond donors (Lipinski definition) is 0. The third-order valence-corrected chi connectivity index (χ3v) is 5.26. The van der Waals surface area contributed by atoms with E-state index in [0.717, 1.165) is 16.5 Å². The van der Waals surface area contributed by atoms with E-state index < -0.39 is 0 Å². The molecule has 0 radical (unpaired) electrons. The van der Waals surface area contributed by atoms with E-state index in [1.807, 2.05) is 47.0 Å². The van der Waals surface area contributed by atoms with Crippen LogP contribution in [0.15, 0.2) is 90.1 Å². The fourth-order valence-corrected chi connectivity index (χ4v) is 3.76. The van der Waals surface area contributed by atoms with Gasteiger partial charge in [0.25, 0.3) is 0 Å². The van der Waals surface area contributed by atoms with Crippen LogP contribution in [0.5, 0.6) is 0 Å². The van der Waals surface area contributed by atoms with E-state index in [0.29, 0.717) is 17.9 Å². The van der Waals surface area contributed by atoms with Crippen LogP contribution in [0.4, 0.5) is 4.39 Å². The molecule has 5 heteroatoms. The van der Waals surface area contributed by atoms with Crippen molar-refractivity contribution in [2.45, 2.75) is 17.5 Å². The van der Waals surface area contributed by atoms with Crippen molar-refractivity contribution in [2.75, 3.05) is 0 Å². The molecule has 0 unspecified atom stereocenters. The van der Waals surface area contributed by atoms with Crippen molar-refractivity contribution in [2.24, 2.45) is 0 Å². The summed E-state index contributed by atoms with van der Waals surface area (Å²) in [5.41, 5.74) is 2.80. The van der Waals surface area contributed by atoms with E-state index in [1.165, 1.54) is 11.6 Å². The average Bonchev–Trinajstić information content (AvgIpc) is 3.10. The molecule has 1 heterocycles. The van der Waals surface area contributed by atoms with Crippen LogP contribution in [0, 0.1) is 5.82 Å². The van der Waals surface area contributed by atoms with Gasteiger partial charge in [-0.3, -0.25) is 4.57 Å². The summed E-state index contributed by atoms with van der Waals surface area (Å²) in [5.74, 6) is 1.04. The minimum Gasteiger partial charge on any atom is -0.297 e. The van der Waals surface area contributed by atoms with Crippen LogP contribution in [0.25, 0.3) is 11.4 Å². The zero-order chi connectivity index (χ0) is 18.5. The highest BCUT2D eigenvalue weighted by atomic mass is 32.2. The zero-order valence-corrected chi connectivity index (χ0v) is 15.4. The number of thioether (sulfide) groups is 1. The maximum absolute atomic E-state index is 14.4. The van der Waals surface area contributed by atoms with Gasteiger partial charge in [-0.05, 0) is 23.3 Å². The molecule has 0 fully saturated rings. The number of rotatable bonds is 6. The Morgan fingerprint density at radius 2 is 1.37 bits per heavy atom. The SMILES string of the molecule is Fc1ccccc1-c1nnc(SCc2ccccc2)n1Cc1ccccc1. The standard InChI is InChI=1S/C22H18FN3S/c23-20-14-8-7-13-19(20)21-24-25-22(27-16-18-11-5-2-6-12-18)26(21)15-17-9-3-1-4-10-17/h1-14H,15-16H2. The summed E-state index contributed by atoms with van der Waals surface area (Å²) in [6.07, 6.45) is 0. The van der Waals surface area contributed by atoms with Crippen molar-refractivity contribution in [1.29, 1.82) is 0 Å². The number of halogens is 1. The molecule has 0 aliphatic rings. The van der Waals surface area contributed by atoms with Crippen LogP contribution in [0.3, 0.4) is 0 Å². The van der Waals surface area contributed by atoms with Gasteiger partial charge in [0, 0.05) is 5.75 Å². The fourth-order valence-electron chi connectivity index (χ4n) is 2.87. The number of aromatic nitrogens is 3. The summed E-state index contributed by atoms with van der Waals surface area (Å²) < 4.78 is 16.4. The monoisotopic (exact) mass is 375 g/mol. The predicted molar refractivity (Wildman–Crippen MR) is 107 cm³/mol. The summed E-state index contributed by atoms with van der Waals surface area (Å²) in [5, 5.41) is 9.44. The van der Waals surface area contributed by atoms with Crippen molar-refractivity contribution < 1.29 is 4.39 Å². The molecule has 0 saturated heterocycles. The minimum atomic E-state index is -0.293. The lowest BCUT2D eigenvalue weighted by atomic mass is 10.2. The van der Waals surface area contributed by atoms with Crippen molar-refractivity contribution in [1.82, 2.24) is 14.8 Å². The lowest BCUT2D eigenvalue weighted by Crippen LogP contribution is -2.05. The first-order valence-corrected chi connectivity index (χ1v) is 9.68. The predicted octanol–water partition coefficient (Wildman–Crippen LogP) is 5.42. The van der Waals surface area contributed by atoms with Gasteiger partial charge in [0.05, 0.1) is 12.1 Å². The van der Waals surface area contributed by atoms with Gasteiger partial charge >= 0.3 is 0 Å². The second kappa shape index (κ2) is 8.18. The first-order valence-electron chi connectivity index (χ1n) is 8.70. The third kappa shape index (κ3) is 4.09. The molecule has 134 valence electrons. The Bertz CT molecular complexity index is 1020. The smallest absolute Gasteiger partial charge is 0.192 e. The van der Waals surface area contributed by atoms with E-state index in [1.54, 1.807) is 23.9 Å². The van der Waals surface area contributed by atoms with Crippen LogP contribution >= 0.6 is 11.8 Å². The largest absolute Gasteiger partial charge is 0.297 e. The number of benzene rings is 3. The van der Waals surface area contributed by atoms with Crippen molar-refractivity contribution in [3.63, 3.8) is 0 Å². The number of nitrogens with zero attached hydrogens (tertiary/aromatic N) is 3. The highest BCUT2D eigenvalue weighted by Crippen LogP contribution is 2.28. The maximum atomic E-state index is 14.4. The molecule has 1 aromatic heterocycles. The molecule has 0 amide bonds. The Hall–Kier alpha value is -2.92. The van der Waals surface area contributed by atoms with Gasteiger partial charge < -0.3 is 0 Å². The van der Waals surface area contributed by atoms with Crippen molar-refractivity contribution >= 4 is 11.8 Å². The normalized spacial score (nSPS) is 10.9. The Morgan fingerprint density at radius 3 is 2.07 bits per heavy atom. The van der Waals surface area contributed by atoms with Crippen LogP contribution in [-0.4, -0.2) is 14.8 Å². The molecular formula is C22H18FN3S. The lowest BCUT2D eigenvalue weighted by molar-refractivity contribution is 0.626. The van der Waals surface area contributed by atoms with Crippen LogP contribution in [0.1, 0.15) is 11.1 Å².